The zero-order valence-electron chi connectivity index (χ0n) is 10.1. The van der Waals surface area contributed by atoms with Gasteiger partial charge in [-0.05, 0) is 36.6 Å². The number of nitrogens with one attached hydrogen (secondary N) is 1. The van der Waals surface area contributed by atoms with Crippen LogP contribution in [0.2, 0.25) is 0 Å². The van der Waals surface area contributed by atoms with Crippen LogP contribution in [0.15, 0.2) is 24.3 Å². The fourth-order valence-electron chi connectivity index (χ4n) is 1.68. The van der Waals surface area contributed by atoms with E-state index in [9.17, 15) is 5.11 Å². The van der Waals surface area contributed by atoms with Gasteiger partial charge in [0.2, 0.25) is 0 Å². The highest BCUT2D eigenvalue weighted by Crippen LogP contribution is 2.14. The van der Waals surface area contributed by atoms with E-state index >= 15 is 0 Å². The van der Waals surface area contributed by atoms with Gasteiger partial charge in [-0.2, -0.15) is 0 Å². The molecule has 1 unspecified atom stereocenters. The Hall–Kier alpha value is -1.06. The summed E-state index contributed by atoms with van der Waals surface area (Å²) in [5, 5.41) is 12.7. The lowest BCUT2D eigenvalue weighted by Crippen LogP contribution is -2.25. The SMILES string of the molecule is COCCNCC(C)Cc1cccc(O)c1. The third-order valence-corrected chi connectivity index (χ3v) is 2.47. The Morgan fingerprint density at radius 3 is 2.94 bits per heavy atom. The first-order valence-corrected chi connectivity index (χ1v) is 5.70. The van der Waals surface area contributed by atoms with Crippen LogP contribution in [0.25, 0.3) is 0 Å². The van der Waals surface area contributed by atoms with Crippen LogP contribution >= 0.6 is 0 Å². The van der Waals surface area contributed by atoms with Gasteiger partial charge in [-0.25, -0.2) is 0 Å². The smallest absolute Gasteiger partial charge is 0.115 e. The number of hydrogen-bond donors (Lipinski definition) is 2. The van der Waals surface area contributed by atoms with E-state index in [1.165, 1.54) is 5.56 Å². The summed E-state index contributed by atoms with van der Waals surface area (Å²) in [4.78, 5) is 0. The average molecular weight is 223 g/mol. The molecule has 3 nitrogen and oxygen atoms in total. The van der Waals surface area contributed by atoms with E-state index < -0.39 is 0 Å². The molecule has 90 valence electrons. The Bertz CT molecular complexity index is 302. The number of phenols is 1. The van der Waals surface area contributed by atoms with Crippen molar-refractivity contribution in [1.82, 2.24) is 5.32 Å². The Kier molecular flexibility index (Phi) is 5.90. The normalized spacial score (nSPS) is 12.6. The highest BCUT2D eigenvalue weighted by atomic mass is 16.5. The van der Waals surface area contributed by atoms with Crippen LogP contribution in [0, 0.1) is 5.92 Å². The minimum absolute atomic E-state index is 0.344. The van der Waals surface area contributed by atoms with Crippen LogP contribution < -0.4 is 5.32 Å². The molecule has 3 heteroatoms. The topological polar surface area (TPSA) is 41.5 Å². The van der Waals surface area contributed by atoms with Crippen LogP contribution in [0.4, 0.5) is 0 Å². The number of aromatic hydroxyl groups is 1. The maximum atomic E-state index is 9.34. The fourth-order valence-corrected chi connectivity index (χ4v) is 1.68. The lowest BCUT2D eigenvalue weighted by atomic mass is 10.0. The molecule has 0 radical (unpaired) electrons. The van der Waals surface area contributed by atoms with E-state index in [1.54, 1.807) is 13.2 Å². The first kappa shape index (κ1) is 13.0. The van der Waals surface area contributed by atoms with Crippen molar-refractivity contribution < 1.29 is 9.84 Å². The number of methoxy groups -OCH3 is 1. The molecule has 1 aromatic rings. The number of benzene rings is 1. The minimum Gasteiger partial charge on any atom is -0.508 e. The van der Waals surface area contributed by atoms with Crippen molar-refractivity contribution in [2.75, 3.05) is 26.8 Å². The third-order valence-electron chi connectivity index (χ3n) is 2.47. The average Bonchev–Trinajstić information content (AvgIpc) is 2.24. The van der Waals surface area contributed by atoms with Crippen molar-refractivity contribution in [1.29, 1.82) is 0 Å². The summed E-state index contributed by atoms with van der Waals surface area (Å²) in [6.07, 6.45) is 0.981. The number of hydrogen-bond acceptors (Lipinski definition) is 3. The van der Waals surface area contributed by atoms with Gasteiger partial charge >= 0.3 is 0 Å². The molecule has 1 rings (SSSR count). The van der Waals surface area contributed by atoms with Crippen LogP contribution in [-0.2, 0) is 11.2 Å². The summed E-state index contributed by atoms with van der Waals surface area (Å²) in [6.45, 7) is 4.81. The van der Waals surface area contributed by atoms with Gasteiger partial charge < -0.3 is 15.2 Å². The Labute approximate surface area is 97.4 Å². The summed E-state index contributed by atoms with van der Waals surface area (Å²) in [5.41, 5.74) is 1.18. The molecule has 0 heterocycles. The second-order valence-corrected chi connectivity index (χ2v) is 4.18. The largest absolute Gasteiger partial charge is 0.508 e. The third kappa shape index (κ3) is 5.14. The second kappa shape index (κ2) is 7.25. The molecule has 0 aliphatic carbocycles. The van der Waals surface area contributed by atoms with Crippen LogP contribution in [0.1, 0.15) is 12.5 Å². The summed E-state index contributed by atoms with van der Waals surface area (Å²) >= 11 is 0. The van der Waals surface area contributed by atoms with E-state index in [2.05, 4.69) is 12.2 Å². The molecule has 0 spiro atoms. The molecule has 0 aromatic heterocycles. The lowest BCUT2D eigenvalue weighted by molar-refractivity contribution is 0.198. The molecule has 0 aliphatic heterocycles. The highest BCUT2D eigenvalue weighted by Gasteiger charge is 2.03. The zero-order chi connectivity index (χ0) is 11.8. The van der Waals surface area contributed by atoms with Crippen molar-refractivity contribution in [3.63, 3.8) is 0 Å². The van der Waals surface area contributed by atoms with E-state index in [0.29, 0.717) is 11.7 Å². The fraction of sp³-hybridized carbons (Fsp3) is 0.538. The van der Waals surface area contributed by atoms with E-state index in [0.717, 1.165) is 26.1 Å². The summed E-state index contributed by atoms with van der Waals surface area (Å²) < 4.78 is 4.96. The van der Waals surface area contributed by atoms with Gasteiger partial charge in [0.15, 0.2) is 0 Å². The van der Waals surface area contributed by atoms with Crippen LogP contribution in [0.3, 0.4) is 0 Å². The molecule has 1 atom stereocenters. The maximum Gasteiger partial charge on any atom is 0.115 e. The zero-order valence-corrected chi connectivity index (χ0v) is 10.1. The molecule has 16 heavy (non-hydrogen) atoms. The maximum absolute atomic E-state index is 9.34. The monoisotopic (exact) mass is 223 g/mol. The molecule has 2 N–H and O–H groups in total. The molecule has 0 saturated heterocycles. The number of phenolic OH excluding ortho intramolecular Hbond substituents is 1. The van der Waals surface area contributed by atoms with Gasteiger partial charge in [0.05, 0.1) is 6.61 Å². The Balaban J connectivity index is 2.25. The van der Waals surface area contributed by atoms with Gasteiger partial charge in [-0.15, -0.1) is 0 Å². The molecule has 1 aromatic carbocycles. The molecule has 0 fully saturated rings. The van der Waals surface area contributed by atoms with Crippen LogP contribution in [-0.4, -0.2) is 31.9 Å². The van der Waals surface area contributed by atoms with Crippen molar-refractivity contribution in [3.05, 3.63) is 29.8 Å². The van der Waals surface area contributed by atoms with E-state index in [-0.39, 0.29) is 0 Å². The van der Waals surface area contributed by atoms with Crippen molar-refractivity contribution in [2.45, 2.75) is 13.3 Å². The second-order valence-electron chi connectivity index (χ2n) is 4.18. The van der Waals surface area contributed by atoms with Crippen molar-refractivity contribution >= 4 is 0 Å². The number of rotatable bonds is 7. The Morgan fingerprint density at radius 1 is 1.44 bits per heavy atom. The summed E-state index contributed by atoms with van der Waals surface area (Å²) in [7, 11) is 1.71. The van der Waals surface area contributed by atoms with Crippen LogP contribution in [0.5, 0.6) is 5.75 Å². The molecule has 0 saturated carbocycles. The summed E-state index contributed by atoms with van der Waals surface area (Å²) in [5.74, 6) is 0.899. The number of ether oxygens (including phenoxy) is 1. The van der Waals surface area contributed by atoms with Gasteiger partial charge in [-0.3, -0.25) is 0 Å². The molecule has 0 aliphatic rings. The Morgan fingerprint density at radius 2 is 2.25 bits per heavy atom. The van der Waals surface area contributed by atoms with E-state index in [4.69, 9.17) is 4.74 Å². The van der Waals surface area contributed by atoms with Crippen molar-refractivity contribution in [2.24, 2.45) is 5.92 Å². The quantitative estimate of drug-likeness (QED) is 0.693. The van der Waals surface area contributed by atoms with Gasteiger partial charge in [0, 0.05) is 13.7 Å². The lowest BCUT2D eigenvalue weighted by Gasteiger charge is -2.12. The first-order valence-electron chi connectivity index (χ1n) is 5.70. The molecular weight excluding hydrogens is 202 g/mol. The minimum atomic E-state index is 0.344. The predicted molar refractivity (Wildman–Crippen MR) is 65.7 cm³/mol. The summed E-state index contributed by atoms with van der Waals surface area (Å²) in [6, 6.07) is 7.46. The highest BCUT2D eigenvalue weighted by molar-refractivity contribution is 5.27. The van der Waals surface area contributed by atoms with Crippen molar-refractivity contribution in [3.8, 4) is 5.75 Å². The molecule has 0 bridgehead atoms. The van der Waals surface area contributed by atoms with E-state index in [1.807, 2.05) is 18.2 Å². The first-order chi connectivity index (χ1) is 7.72. The van der Waals surface area contributed by atoms with Gasteiger partial charge in [-0.1, -0.05) is 19.1 Å². The molecular formula is C13H21NO2. The van der Waals surface area contributed by atoms with Gasteiger partial charge in [0.1, 0.15) is 5.75 Å². The molecule has 0 amide bonds. The van der Waals surface area contributed by atoms with Gasteiger partial charge in [0.25, 0.3) is 0 Å². The predicted octanol–water partition coefficient (Wildman–Crippen LogP) is 1.81. The standard InChI is InChI=1S/C13H21NO2/c1-11(10-14-6-7-16-2)8-12-4-3-5-13(15)9-12/h3-5,9,11,14-15H,6-8,10H2,1-2H3.